The first-order valence-corrected chi connectivity index (χ1v) is 8.51. The van der Waals surface area contributed by atoms with Crippen LogP contribution in [0.2, 0.25) is 0 Å². The fourth-order valence-electron chi connectivity index (χ4n) is 0.854. The number of alkyl halides is 3. The Labute approximate surface area is 102 Å². The van der Waals surface area contributed by atoms with Crippen molar-refractivity contribution in [2.24, 2.45) is 0 Å². The van der Waals surface area contributed by atoms with Crippen molar-refractivity contribution >= 4 is 29.8 Å². The summed E-state index contributed by atoms with van der Waals surface area (Å²) in [5, 5.41) is 0. The van der Waals surface area contributed by atoms with Gasteiger partial charge in [0.1, 0.15) is 0 Å². The zero-order chi connectivity index (χ0) is 13.7. The van der Waals surface area contributed by atoms with E-state index in [1.54, 1.807) is 0 Å². The molecule has 0 aromatic carbocycles. The van der Waals surface area contributed by atoms with Crippen LogP contribution in [0, 0.1) is 0 Å². The summed E-state index contributed by atoms with van der Waals surface area (Å²) < 4.78 is 80.1. The summed E-state index contributed by atoms with van der Waals surface area (Å²) in [6.45, 7) is -0.458. The fourth-order valence-corrected chi connectivity index (χ4v) is 2.64. The number of hydrogen-bond acceptors (Lipinski definition) is 4. The Morgan fingerprint density at radius 3 is 2.00 bits per heavy atom. The van der Waals surface area contributed by atoms with E-state index in [1.807, 2.05) is 4.72 Å². The van der Waals surface area contributed by atoms with Crippen LogP contribution in [-0.2, 0) is 19.1 Å². The zero-order valence-electron chi connectivity index (χ0n) is 8.50. The summed E-state index contributed by atoms with van der Waals surface area (Å²) in [5.41, 5.74) is 0. The van der Waals surface area contributed by atoms with E-state index in [-0.39, 0.29) is 0 Å². The molecule has 5 nitrogen and oxygen atoms in total. The number of sulfonamides is 1. The summed E-state index contributed by atoms with van der Waals surface area (Å²) in [6.07, 6.45) is -6.19. The number of halogens is 4. The highest BCUT2D eigenvalue weighted by Gasteiger charge is 2.27. The van der Waals surface area contributed by atoms with Crippen LogP contribution >= 0.6 is 10.7 Å². The van der Waals surface area contributed by atoms with Gasteiger partial charge in [-0.05, 0) is 6.42 Å². The maximum absolute atomic E-state index is 11.7. The Morgan fingerprint density at radius 1 is 1.06 bits per heavy atom. The van der Waals surface area contributed by atoms with Crippen LogP contribution in [-0.4, -0.2) is 41.1 Å². The number of nitrogens with one attached hydrogen (secondary N) is 1. The lowest BCUT2D eigenvalue weighted by atomic mass is 10.3. The lowest BCUT2D eigenvalue weighted by Crippen LogP contribution is -2.30. The highest BCUT2D eigenvalue weighted by atomic mass is 35.7. The molecule has 0 aromatic rings. The first-order valence-electron chi connectivity index (χ1n) is 4.38. The lowest BCUT2D eigenvalue weighted by molar-refractivity contribution is -0.134. The van der Waals surface area contributed by atoms with Crippen LogP contribution < -0.4 is 4.72 Å². The molecule has 0 spiro atoms. The van der Waals surface area contributed by atoms with Gasteiger partial charge in [-0.15, -0.1) is 0 Å². The molecule has 1 N–H and O–H groups in total. The van der Waals surface area contributed by atoms with E-state index in [2.05, 4.69) is 0 Å². The molecular formula is C6H11ClF3NO4S2. The summed E-state index contributed by atoms with van der Waals surface area (Å²) in [4.78, 5) is 0. The average molecular weight is 318 g/mol. The van der Waals surface area contributed by atoms with Crippen LogP contribution in [0.15, 0.2) is 0 Å². The minimum atomic E-state index is -4.41. The van der Waals surface area contributed by atoms with Gasteiger partial charge in [0.15, 0.2) is 0 Å². The highest BCUT2D eigenvalue weighted by molar-refractivity contribution is 8.13. The minimum absolute atomic E-state index is 0.458. The van der Waals surface area contributed by atoms with Crippen molar-refractivity contribution in [1.82, 2.24) is 4.72 Å². The smallest absolute Gasteiger partial charge is 0.214 e. The topological polar surface area (TPSA) is 80.3 Å². The molecular weight excluding hydrogens is 307 g/mol. The third kappa shape index (κ3) is 12.2. The standard InChI is InChI=1S/C6H11ClF3NO4S2/c7-16(12,13)5-3-11-17(14,15)4-1-2-6(8,9)10/h11H,1-5H2. The molecule has 0 bridgehead atoms. The fraction of sp³-hybridized carbons (Fsp3) is 1.00. The molecule has 0 atom stereocenters. The van der Waals surface area contributed by atoms with Crippen molar-refractivity contribution in [2.75, 3.05) is 18.1 Å². The van der Waals surface area contributed by atoms with Gasteiger partial charge in [0, 0.05) is 23.6 Å². The van der Waals surface area contributed by atoms with E-state index in [4.69, 9.17) is 10.7 Å². The van der Waals surface area contributed by atoms with E-state index >= 15 is 0 Å². The zero-order valence-corrected chi connectivity index (χ0v) is 10.9. The molecule has 0 rings (SSSR count). The summed E-state index contributed by atoms with van der Waals surface area (Å²) >= 11 is 0. The van der Waals surface area contributed by atoms with Crippen molar-refractivity contribution in [3.05, 3.63) is 0 Å². The van der Waals surface area contributed by atoms with Crippen LogP contribution in [0.5, 0.6) is 0 Å². The molecule has 104 valence electrons. The maximum atomic E-state index is 11.7. The third-order valence-electron chi connectivity index (χ3n) is 1.54. The molecule has 0 aliphatic heterocycles. The second-order valence-electron chi connectivity index (χ2n) is 3.17. The molecule has 0 unspecified atom stereocenters. The molecule has 0 fully saturated rings. The van der Waals surface area contributed by atoms with Crippen LogP contribution in [0.4, 0.5) is 13.2 Å². The maximum Gasteiger partial charge on any atom is 0.389 e. The van der Waals surface area contributed by atoms with Crippen LogP contribution in [0.25, 0.3) is 0 Å². The van der Waals surface area contributed by atoms with Crippen molar-refractivity contribution in [1.29, 1.82) is 0 Å². The molecule has 0 aromatic heterocycles. The minimum Gasteiger partial charge on any atom is -0.214 e. The SMILES string of the molecule is O=S(=O)(Cl)CCNS(=O)(=O)CCCC(F)(F)F. The van der Waals surface area contributed by atoms with E-state index in [0.29, 0.717) is 0 Å². The van der Waals surface area contributed by atoms with E-state index in [0.717, 1.165) is 0 Å². The highest BCUT2D eigenvalue weighted by Crippen LogP contribution is 2.21. The van der Waals surface area contributed by atoms with Gasteiger partial charge in [-0.3, -0.25) is 0 Å². The first kappa shape index (κ1) is 16.9. The molecule has 0 aliphatic carbocycles. The second kappa shape index (κ2) is 6.21. The molecule has 0 saturated carbocycles. The van der Waals surface area contributed by atoms with Crippen molar-refractivity contribution < 1.29 is 30.0 Å². The van der Waals surface area contributed by atoms with Gasteiger partial charge in [-0.25, -0.2) is 21.6 Å². The Bertz CT molecular complexity index is 431. The Balaban J connectivity index is 3.98. The molecule has 0 amide bonds. The van der Waals surface area contributed by atoms with Gasteiger partial charge in [0.2, 0.25) is 19.1 Å². The molecule has 0 aliphatic rings. The monoisotopic (exact) mass is 317 g/mol. The van der Waals surface area contributed by atoms with Gasteiger partial charge in [0.25, 0.3) is 0 Å². The Hall–Kier alpha value is -0.0600. The van der Waals surface area contributed by atoms with Crippen molar-refractivity contribution in [3.63, 3.8) is 0 Å². The normalized spacial score (nSPS) is 13.9. The summed E-state index contributed by atoms with van der Waals surface area (Å²) in [5.74, 6) is -1.33. The van der Waals surface area contributed by atoms with Gasteiger partial charge < -0.3 is 0 Å². The quantitative estimate of drug-likeness (QED) is 0.705. The molecule has 17 heavy (non-hydrogen) atoms. The van der Waals surface area contributed by atoms with E-state index in [9.17, 15) is 30.0 Å². The van der Waals surface area contributed by atoms with Gasteiger partial charge >= 0.3 is 6.18 Å². The van der Waals surface area contributed by atoms with Gasteiger partial charge in [-0.2, -0.15) is 13.2 Å². The van der Waals surface area contributed by atoms with E-state index < -0.39 is 56.1 Å². The lowest BCUT2D eigenvalue weighted by Gasteiger charge is -2.07. The predicted molar refractivity (Wildman–Crippen MR) is 56.7 cm³/mol. The molecule has 0 radical (unpaired) electrons. The van der Waals surface area contributed by atoms with Gasteiger partial charge in [-0.1, -0.05) is 0 Å². The summed E-state index contributed by atoms with van der Waals surface area (Å²) in [7, 11) is -2.91. The van der Waals surface area contributed by atoms with E-state index in [1.165, 1.54) is 0 Å². The largest absolute Gasteiger partial charge is 0.389 e. The number of hydrogen-bond donors (Lipinski definition) is 1. The van der Waals surface area contributed by atoms with Gasteiger partial charge in [0.05, 0.1) is 11.5 Å². The molecule has 0 saturated heterocycles. The molecule has 11 heteroatoms. The predicted octanol–water partition coefficient (Wildman–Crippen LogP) is 0.817. The molecule has 0 heterocycles. The Morgan fingerprint density at radius 2 is 1.59 bits per heavy atom. The second-order valence-corrected chi connectivity index (χ2v) is 8.00. The average Bonchev–Trinajstić information content (AvgIpc) is 1.96. The van der Waals surface area contributed by atoms with Crippen molar-refractivity contribution in [3.8, 4) is 0 Å². The summed E-state index contributed by atoms with van der Waals surface area (Å²) in [6, 6.07) is 0. The van der Waals surface area contributed by atoms with Crippen LogP contribution in [0.1, 0.15) is 12.8 Å². The third-order valence-corrected chi connectivity index (χ3v) is 4.17. The van der Waals surface area contributed by atoms with Crippen molar-refractivity contribution in [2.45, 2.75) is 19.0 Å². The van der Waals surface area contributed by atoms with Crippen LogP contribution in [0.3, 0.4) is 0 Å². The first-order chi connectivity index (χ1) is 7.41. The Kier molecular flexibility index (Phi) is 6.19. The number of rotatable bonds is 7.